The number of halogens is 1. The second kappa shape index (κ2) is 9.91. The first-order valence-corrected chi connectivity index (χ1v) is 11.0. The number of carbonyl (C=O) groups excluding carboxylic acids is 1. The summed E-state index contributed by atoms with van der Waals surface area (Å²) in [6, 6.07) is 11.2. The maximum Gasteiger partial charge on any atom is 0.257 e. The highest BCUT2D eigenvalue weighted by Gasteiger charge is 2.24. The second-order valence-corrected chi connectivity index (χ2v) is 8.37. The van der Waals surface area contributed by atoms with Gasteiger partial charge in [-0.05, 0) is 36.8 Å². The first kappa shape index (κ1) is 22.2. The Labute approximate surface area is 171 Å². The summed E-state index contributed by atoms with van der Waals surface area (Å²) in [6.45, 7) is 6.71. The molecule has 6 nitrogen and oxygen atoms in total. The molecule has 1 amide bonds. The molecule has 0 atom stereocenters. The third kappa shape index (κ3) is 5.04. The lowest BCUT2D eigenvalue weighted by Crippen LogP contribution is -2.30. The average molecular weight is 425 g/mol. The molecule has 2 aromatic carbocycles. The predicted octanol–water partition coefficient (Wildman–Crippen LogP) is 4.41. The van der Waals surface area contributed by atoms with Crippen LogP contribution in [0.5, 0.6) is 5.75 Å². The Morgan fingerprint density at radius 3 is 2.43 bits per heavy atom. The standard InChI is InChI=1S/C20H25ClN2O4S/c1-4-13-27-19-10-8-7-9-18(19)22-20(24)16-14-15(11-12-17(16)21)28(25,26)23(5-2)6-3/h7-12,14H,4-6,13H2,1-3H3,(H,22,24). The Kier molecular flexibility index (Phi) is 7.86. The monoisotopic (exact) mass is 424 g/mol. The molecule has 0 saturated carbocycles. The van der Waals surface area contributed by atoms with Crippen LogP contribution in [-0.2, 0) is 10.0 Å². The Bertz CT molecular complexity index is 928. The number of rotatable bonds is 9. The summed E-state index contributed by atoms with van der Waals surface area (Å²) in [5.41, 5.74) is 0.578. The van der Waals surface area contributed by atoms with E-state index in [0.29, 0.717) is 31.1 Å². The van der Waals surface area contributed by atoms with Crippen LogP contribution in [0.4, 0.5) is 5.69 Å². The molecule has 0 aliphatic rings. The molecule has 28 heavy (non-hydrogen) atoms. The van der Waals surface area contributed by atoms with Gasteiger partial charge in [0, 0.05) is 13.1 Å². The van der Waals surface area contributed by atoms with Gasteiger partial charge in [-0.3, -0.25) is 4.79 Å². The summed E-state index contributed by atoms with van der Waals surface area (Å²) in [7, 11) is -3.70. The molecule has 0 fully saturated rings. The van der Waals surface area contributed by atoms with Crippen molar-refractivity contribution in [1.29, 1.82) is 0 Å². The van der Waals surface area contributed by atoms with Crippen LogP contribution in [0.25, 0.3) is 0 Å². The Balaban J connectivity index is 2.35. The number of hydrogen-bond acceptors (Lipinski definition) is 4. The van der Waals surface area contributed by atoms with Crippen molar-refractivity contribution < 1.29 is 17.9 Å². The molecule has 0 bridgehead atoms. The van der Waals surface area contributed by atoms with Crippen LogP contribution in [-0.4, -0.2) is 38.3 Å². The fraction of sp³-hybridized carbons (Fsp3) is 0.350. The highest BCUT2D eigenvalue weighted by atomic mass is 35.5. The van der Waals surface area contributed by atoms with Crippen molar-refractivity contribution in [2.75, 3.05) is 25.0 Å². The number of sulfonamides is 1. The van der Waals surface area contributed by atoms with E-state index in [-0.39, 0.29) is 15.5 Å². The predicted molar refractivity (Wildman–Crippen MR) is 112 cm³/mol. The number of nitrogens with zero attached hydrogens (tertiary/aromatic N) is 1. The normalized spacial score (nSPS) is 11.5. The highest BCUT2D eigenvalue weighted by molar-refractivity contribution is 7.89. The molecule has 0 aliphatic carbocycles. The van der Waals surface area contributed by atoms with Crippen LogP contribution in [0.2, 0.25) is 5.02 Å². The molecule has 0 aliphatic heterocycles. The average Bonchev–Trinajstić information content (AvgIpc) is 2.68. The van der Waals surface area contributed by atoms with E-state index < -0.39 is 15.9 Å². The summed E-state index contributed by atoms with van der Waals surface area (Å²) in [4.78, 5) is 12.8. The molecule has 152 valence electrons. The summed E-state index contributed by atoms with van der Waals surface area (Å²) in [5, 5.41) is 2.93. The van der Waals surface area contributed by atoms with Gasteiger partial charge >= 0.3 is 0 Å². The maximum absolute atomic E-state index is 12.8. The van der Waals surface area contributed by atoms with Crippen LogP contribution in [0.15, 0.2) is 47.4 Å². The molecule has 8 heteroatoms. The van der Waals surface area contributed by atoms with Gasteiger partial charge in [0.15, 0.2) is 0 Å². The lowest BCUT2D eigenvalue weighted by atomic mass is 10.2. The third-order valence-electron chi connectivity index (χ3n) is 4.12. The molecule has 0 spiro atoms. The maximum atomic E-state index is 12.8. The number of amides is 1. The van der Waals surface area contributed by atoms with Crippen LogP contribution in [0.1, 0.15) is 37.6 Å². The zero-order chi connectivity index (χ0) is 20.7. The smallest absolute Gasteiger partial charge is 0.257 e. The summed E-state index contributed by atoms with van der Waals surface area (Å²) < 4.78 is 32.5. The minimum atomic E-state index is -3.70. The quantitative estimate of drug-likeness (QED) is 0.646. The first-order valence-electron chi connectivity index (χ1n) is 9.18. The van der Waals surface area contributed by atoms with Crippen molar-refractivity contribution in [2.45, 2.75) is 32.1 Å². The van der Waals surface area contributed by atoms with Crippen LogP contribution < -0.4 is 10.1 Å². The van der Waals surface area contributed by atoms with Gasteiger partial charge in [0.05, 0.1) is 27.8 Å². The van der Waals surface area contributed by atoms with Crippen molar-refractivity contribution in [3.05, 3.63) is 53.1 Å². The van der Waals surface area contributed by atoms with Crippen molar-refractivity contribution in [3.8, 4) is 5.75 Å². The van der Waals surface area contributed by atoms with Gasteiger partial charge in [0.2, 0.25) is 10.0 Å². The number of para-hydroxylation sites is 2. The summed E-state index contributed by atoms with van der Waals surface area (Å²) in [5.74, 6) is 0.0369. The number of benzene rings is 2. The summed E-state index contributed by atoms with van der Waals surface area (Å²) >= 11 is 6.18. The van der Waals surface area contributed by atoms with Crippen LogP contribution >= 0.6 is 11.6 Å². The molecule has 2 aromatic rings. The molecule has 0 radical (unpaired) electrons. The van der Waals surface area contributed by atoms with E-state index in [9.17, 15) is 13.2 Å². The molecule has 0 saturated heterocycles. The van der Waals surface area contributed by atoms with Gasteiger partial charge < -0.3 is 10.1 Å². The minimum absolute atomic E-state index is 0.0290. The van der Waals surface area contributed by atoms with E-state index >= 15 is 0 Å². The second-order valence-electron chi connectivity index (χ2n) is 6.03. The topological polar surface area (TPSA) is 75.7 Å². The van der Waals surface area contributed by atoms with Gasteiger partial charge in [-0.1, -0.05) is 44.5 Å². The largest absolute Gasteiger partial charge is 0.491 e. The molecule has 0 heterocycles. The van der Waals surface area contributed by atoms with E-state index in [0.717, 1.165) is 6.42 Å². The molecule has 0 unspecified atom stereocenters. The number of ether oxygens (including phenoxy) is 1. The molecular weight excluding hydrogens is 400 g/mol. The number of anilines is 1. The van der Waals surface area contributed by atoms with E-state index in [1.54, 1.807) is 32.0 Å². The van der Waals surface area contributed by atoms with Crippen LogP contribution in [0.3, 0.4) is 0 Å². The van der Waals surface area contributed by atoms with Gasteiger partial charge in [-0.25, -0.2) is 8.42 Å². The van der Waals surface area contributed by atoms with Crippen molar-refractivity contribution in [1.82, 2.24) is 4.31 Å². The van der Waals surface area contributed by atoms with E-state index in [2.05, 4.69) is 5.32 Å². The number of carbonyl (C=O) groups is 1. The lowest BCUT2D eigenvalue weighted by molar-refractivity contribution is 0.102. The van der Waals surface area contributed by atoms with Crippen molar-refractivity contribution >= 4 is 33.2 Å². The first-order chi connectivity index (χ1) is 13.3. The van der Waals surface area contributed by atoms with E-state index in [1.165, 1.54) is 22.5 Å². The fourth-order valence-corrected chi connectivity index (χ4v) is 4.34. The Hall–Kier alpha value is -2.09. The Morgan fingerprint density at radius 1 is 1.11 bits per heavy atom. The van der Waals surface area contributed by atoms with Crippen molar-refractivity contribution in [2.24, 2.45) is 0 Å². The fourth-order valence-electron chi connectivity index (χ4n) is 2.65. The number of nitrogens with one attached hydrogen (secondary N) is 1. The Morgan fingerprint density at radius 2 is 1.79 bits per heavy atom. The zero-order valence-corrected chi connectivity index (χ0v) is 17.8. The van der Waals surface area contributed by atoms with E-state index in [1.807, 2.05) is 13.0 Å². The van der Waals surface area contributed by atoms with Gasteiger partial charge in [0.25, 0.3) is 5.91 Å². The highest BCUT2D eigenvalue weighted by Crippen LogP contribution is 2.27. The van der Waals surface area contributed by atoms with Crippen molar-refractivity contribution in [3.63, 3.8) is 0 Å². The van der Waals surface area contributed by atoms with Gasteiger partial charge in [0.1, 0.15) is 5.75 Å². The molecule has 1 N–H and O–H groups in total. The third-order valence-corrected chi connectivity index (χ3v) is 6.50. The number of hydrogen-bond donors (Lipinski definition) is 1. The molecule has 0 aromatic heterocycles. The lowest BCUT2D eigenvalue weighted by Gasteiger charge is -2.19. The van der Waals surface area contributed by atoms with E-state index in [4.69, 9.17) is 16.3 Å². The molecular formula is C20H25ClN2O4S. The van der Waals surface area contributed by atoms with Gasteiger partial charge in [-0.15, -0.1) is 0 Å². The van der Waals surface area contributed by atoms with Crippen LogP contribution in [0, 0.1) is 0 Å². The van der Waals surface area contributed by atoms with Gasteiger partial charge in [-0.2, -0.15) is 4.31 Å². The minimum Gasteiger partial charge on any atom is -0.491 e. The SMILES string of the molecule is CCCOc1ccccc1NC(=O)c1cc(S(=O)(=O)N(CC)CC)ccc1Cl. The zero-order valence-electron chi connectivity index (χ0n) is 16.2. The molecule has 2 rings (SSSR count). The summed E-state index contributed by atoms with van der Waals surface area (Å²) in [6.07, 6.45) is 0.833.